The molecular formula is C48H89ClN4O16. The standard InChI is InChI=1S/C16H27NO6.C13H23NO4.C12H23NO4.C7H15NO2.ClH/c1-6-21-12(18)16(13(19)22-7-2)8-10-17(11-9-16)14(20)23-15(3,4)5;1-5-17-11(15)10-6-8-14(9-7-10)12(16)18-13(2,3)4;1-11(2,3)17-10(16)13-6-4-12(8-14,9-15)5-7-13;9-5-7(6-10)1-3-8-4-2-7;/h6-11H2,1-5H3;10H,5-9H2,1-4H3;14-15H,4-9H2,1-3H3;8-10H,1-6H2;1H. The van der Waals surface area contributed by atoms with Crippen molar-refractivity contribution < 1.29 is 77.6 Å². The molecule has 0 bridgehead atoms. The molecular weight excluding hydrogens is 924 g/mol. The molecule has 0 aliphatic carbocycles. The lowest BCUT2D eigenvalue weighted by atomic mass is 9.78. The summed E-state index contributed by atoms with van der Waals surface area (Å²) in [5.74, 6) is -1.39. The third-order valence-corrected chi connectivity index (χ3v) is 11.8. The predicted octanol–water partition coefficient (Wildman–Crippen LogP) is 5.08. The van der Waals surface area contributed by atoms with E-state index in [9.17, 15) is 39.0 Å². The highest BCUT2D eigenvalue weighted by Gasteiger charge is 2.51. The fourth-order valence-electron chi connectivity index (χ4n) is 7.49. The average Bonchev–Trinajstić information content (AvgIpc) is 3.28. The van der Waals surface area contributed by atoms with Crippen molar-refractivity contribution in [2.45, 2.75) is 151 Å². The van der Waals surface area contributed by atoms with Gasteiger partial charge in [0.2, 0.25) is 0 Å². The summed E-state index contributed by atoms with van der Waals surface area (Å²) >= 11 is 0. The average molecular weight is 1010 g/mol. The van der Waals surface area contributed by atoms with Crippen LogP contribution in [0, 0.1) is 22.2 Å². The molecule has 0 aromatic heterocycles. The molecule has 21 heteroatoms. The number of nitrogens with one attached hydrogen (secondary N) is 1. The number of hydrogen-bond donors (Lipinski definition) is 5. The van der Waals surface area contributed by atoms with E-state index in [4.69, 9.17) is 38.6 Å². The number of piperidine rings is 4. The van der Waals surface area contributed by atoms with Crippen LogP contribution in [0.5, 0.6) is 0 Å². The number of aliphatic hydroxyl groups excluding tert-OH is 4. The minimum atomic E-state index is -1.33. The number of carbonyl (C=O) groups excluding carboxylic acids is 6. The van der Waals surface area contributed by atoms with Gasteiger partial charge in [0.05, 0.1) is 52.2 Å². The van der Waals surface area contributed by atoms with E-state index in [1.54, 1.807) is 51.3 Å². The molecule has 0 atom stereocenters. The van der Waals surface area contributed by atoms with E-state index in [1.165, 1.54) is 4.90 Å². The molecule has 4 saturated heterocycles. The summed E-state index contributed by atoms with van der Waals surface area (Å²) < 4.78 is 31.0. The Hall–Kier alpha value is -3.69. The van der Waals surface area contributed by atoms with Crippen LogP contribution in [0.2, 0.25) is 0 Å². The molecule has 0 aromatic rings. The van der Waals surface area contributed by atoms with E-state index in [-0.39, 0.29) is 107 Å². The number of rotatable bonds is 10. The molecule has 5 N–H and O–H groups in total. The maximum absolute atomic E-state index is 12.3. The van der Waals surface area contributed by atoms with Crippen molar-refractivity contribution in [3.63, 3.8) is 0 Å². The number of esters is 3. The Kier molecular flexibility index (Phi) is 28.6. The van der Waals surface area contributed by atoms with Crippen LogP contribution in [0.3, 0.4) is 0 Å². The Morgan fingerprint density at radius 1 is 0.493 bits per heavy atom. The minimum Gasteiger partial charge on any atom is -0.466 e. The maximum atomic E-state index is 12.3. The van der Waals surface area contributed by atoms with Gasteiger partial charge < -0.3 is 68.9 Å². The summed E-state index contributed by atoms with van der Waals surface area (Å²) in [6.45, 7) is 27.0. The summed E-state index contributed by atoms with van der Waals surface area (Å²) in [6.07, 6.45) is 3.58. The van der Waals surface area contributed by atoms with Crippen LogP contribution < -0.4 is 5.32 Å². The Labute approximate surface area is 417 Å². The van der Waals surface area contributed by atoms with Gasteiger partial charge in [0.25, 0.3) is 0 Å². The van der Waals surface area contributed by atoms with E-state index in [0.717, 1.165) is 25.9 Å². The van der Waals surface area contributed by atoms with Crippen molar-refractivity contribution >= 4 is 48.6 Å². The van der Waals surface area contributed by atoms with Crippen molar-refractivity contribution in [1.29, 1.82) is 0 Å². The SMILES string of the molecule is CC(C)(C)OC(=O)N1CCC(CO)(CO)CC1.CCOC(=O)C1(C(=O)OCC)CCN(C(=O)OC(C)(C)C)CC1.CCOC(=O)C1CCN(C(=O)OC(C)(C)C)CC1.Cl.OCC1(CO)CCNCC1. The smallest absolute Gasteiger partial charge is 0.410 e. The number of likely N-dealkylation sites (tertiary alicyclic amines) is 3. The number of halogens is 1. The third-order valence-electron chi connectivity index (χ3n) is 11.8. The molecule has 4 fully saturated rings. The van der Waals surface area contributed by atoms with Crippen molar-refractivity contribution in [3.05, 3.63) is 0 Å². The van der Waals surface area contributed by atoms with E-state index in [0.29, 0.717) is 58.5 Å². The van der Waals surface area contributed by atoms with Gasteiger partial charge in [-0.15, -0.1) is 12.4 Å². The van der Waals surface area contributed by atoms with Gasteiger partial charge in [-0.3, -0.25) is 14.4 Å². The Morgan fingerprint density at radius 2 is 0.797 bits per heavy atom. The molecule has 0 spiro atoms. The van der Waals surface area contributed by atoms with Crippen LogP contribution in [-0.4, -0.2) is 187 Å². The van der Waals surface area contributed by atoms with Crippen LogP contribution >= 0.6 is 12.4 Å². The number of carbonyl (C=O) groups is 6. The lowest BCUT2D eigenvalue weighted by Crippen LogP contribution is -2.52. The molecule has 0 radical (unpaired) electrons. The number of hydrogen-bond acceptors (Lipinski definition) is 17. The second kappa shape index (κ2) is 30.3. The fourth-order valence-corrected chi connectivity index (χ4v) is 7.49. The van der Waals surface area contributed by atoms with Crippen LogP contribution in [-0.2, 0) is 42.8 Å². The van der Waals surface area contributed by atoms with Crippen LogP contribution in [0.4, 0.5) is 14.4 Å². The van der Waals surface area contributed by atoms with Gasteiger partial charge in [-0.2, -0.15) is 0 Å². The van der Waals surface area contributed by atoms with Crippen molar-refractivity contribution in [2.75, 3.05) is 98.6 Å². The maximum Gasteiger partial charge on any atom is 0.410 e. The first kappa shape index (κ1) is 65.3. The molecule has 20 nitrogen and oxygen atoms in total. The van der Waals surface area contributed by atoms with Gasteiger partial charge in [-0.1, -0.05) is 0 Å². The molecule has 4 heterocycles. The highest BCUT2D eigenvalue weighted by molar-refractivity contribution is 6.00. The monoisotopic (exact) mass is 1010 g/mol. The summed E-state index contributed by atoms with van der Waals surface area (Å²) in [5.41, 5.74) is -3.50. The van der Waals surface area contributed by atoms with Gasteiger partial charge in [-0.05, 0) is 148 Å². The number of aliphatic hydroxyl groups is 4. The number of ether oxygens (including phenoxy) is 6. The summed E-state index contributed by atoms with van der Waals surface area (Å²) in [5, 5.41) is 39.6. The topological polar surface area (TPSA) is 260 Å². The van der Waals surface area contributed by atoms with Gasteiger partial charge in [-0.25, -0.2) is 14.4 Å². The lowest BCUT2D eigenvalue weighted by Gasteiger charge is -2.39. The minimum absolute atomic E-state index is 0. The normalized spacial score (nSPS) is 18.9. The first-order valence-corrected chi connectivity index (χ1v) is 24.2. The van der Waals surface area contributed by atoms with E-state index >= 15 is 0 Å². The fraction of sp³-hybridized carbons (Fsp3) is 0.875. The molecule has 4 aliphatic heterocycles. The lowest BCUT2D eigenvalue weighted by molar-refractivity contribution is -0.175. The zero-order valence-electron chi connectivity index (χ0n) is 43.8. The van der Waals surface area contributed by atoms with Gasteiger partial charge >= 0.3 is 36.2 Å². The Morgan fingerprint density at radius 3 is 1.09 bits per heavy atom. The van der Waals surface area contributed by atoms with Crippen LogP contribution in [0.25, 0.3) is 0 Å². The second-order valence-electron chi connectivity index (χ2n) is 20.8. The molecule has 69 heavy (non-hydrogen) atoms. The van der Waals surface area contributed by atoms with Crippen LogP contribution in [0.15, 0.2) is 0 Å². The van der Waals surface area contributed by atoms with Crippen molar-refractivity contribution in [3.8, 4) is 0 Å². The quantitative estimate of drug-likeness (QED) is 0.109. The van der Waals surface area contributed by atoms with Crippen molar-refractivity contribution in [2.24, 2.45) is 22.2 Å². The Balaban J connectivity index is 0.000000918. The highest BCUT2D eigenvalue weighted by atomic mass is 35.5. The molecule has 4 rings (SSSR count). The van der Waals surface area contributed by atoms with Gasteiger partial charge in [0, 0.05) is 50.1 Å². The van der Waals surface area contributed by atoms with Gasteiger partial charge in [0.1, 0.15) is 16.8 Å². The molecule has 0 unspecified atom stereocenters. The van der Waals surface area contributed by atoms with Gasteiger partial charge in [0.15, 0.2) is 5.41 Å². The molecule has 404 valence electrons. The molecule has 4 aliphatic rings. The summed E-state index contributed by atoms with van der Waals surface area (Å²) in [7, 11) is 0. The van der Waals surface area contributed by atoms with Crippen LogP contribution in [0.1, 0.15) is 134 Å². The first-order valence-electron chi connectivity index (χ1n) is 24.2. The number of amides is 3. The summed E-state index contributed by atoms with van der Waals surface area (Å²) in [4.78, 5) is 76.6. The zero-order valence-corrected chi connectivity index (χ0v) is 44.6. The molecule has 3 amide bonds. The number of nitrogens with zero attached hydrogens (tertiary/aromatic N) is 3. The first-order chi connectivity index (χ1) is 31.6. The predicted molar refractivity (Wildman–Crippen MR) is 260 cm³/mol. The highest BCUT2D eigenvalue weighted by Crippen LogP contribution is 2.36. The Bertz CT molecular complexity index is 1520. The zero-order chi connectivity index (χ0) is 52.0. The third kappa shape index (κ3) is 22.9. The van der Waals surface area contributed by atoms with Crippen molar-refractivity contribution in [1.82, 2.24) is 20.0 Å². The second-order valence-corrected chi connectivity index (χ2v) is 20.8. The van der Waals surface area contributed by atoms with E-state index in [2.05, 4.69) is 5.32 Å². The van der Waals surface area contributed by atoms with E-state index < -0.39 is 45.7 Å². The molecule has 0 aromatic carbocycles. The summed E-state index contributed by atoms with van der Waals surface area (Å²) in [6, 6.07) is 0. The molecule has 0 saturated carbocycles. The largest absolute Gasteiger partial charge is 0.466 e. The van der Waals surface area contributed by atoms with E-state index in [1.807, 2.05) is 41.5 Å².